The van der Waals surface area contributed by atoms with Crippen LogP contribution in [0.5, 0.6) is 0 Å². The van der Waals surface area contributed by atoms with Crippen LogP contribution >= 0.6 is 11.6 Å². The molecule has 0 spiro atoms. The van der Waals surface area contributed by atoms with Crippen molar-refractivity contribution in [3.8, 4) is 0 Å². The van der Waals surface area contributed by atoms with Gasteiger partial charge in [0.2, 0.25) is 0 Å². The summed E-state index contributed by atoms with van der Waals surface area (Å²) in [5.41, 5.74) is 6.66. The Morgan fingerprint density at radius 1 is 1.54 bits per heavy atom. The van der Waals surface area contributed by atoms with Crippen LogP contribution in [0.4, 0.5) is 5.82 Å². The molecule has 13 heavy (non-hydrogen) atoms. The van der Waals surface area contributed by atoms with Gasteiger partial charge in [0.05, 0.1) is 11.7 Å². The van der Waals surface area contributed by atoms with Gasteiger partial charge in [0.1, 0.15) is 10.8 Å². The van der Waals surface area contributed by atoms with Crippen LogP contribution in [-0.2, 0) is 0 Å². The highest BCUT2D eigenvalue weighted by atomic mass is 35.5. The summed E-state index contributed by atoms with van der Waals surface area (Å²) in [6.45, 7) is 4.13. The first-order valence-electron chi connectivity index (χ1n) is 4.59. The van der Waals surface area contributed by atoms with Crippen molar-refractivity contribution < 1.29 is 0 Å². The molecule has 4 heteroatoms. The molecule has 0 aromatic carbocycles. The monoisotopic (exact) mass is 199 g/mol. The highest BCUT2D eigenvalue weighted by Gasteiger charge is 2.29. The summed E-state index contributed by atoms with van der Waals surface area (Å²) in [5, 5.41) is 4.94. The average Bonchev–Trinajstić information content (AvgIpc) is 2.27. The minimum absolute atomic E-state index is 0.473. The van der Waals surface area contributed by atoms with Gasteiger partial charge in [0.25, 0.3) is 0 Å². The molecule has 1 fully saturated rings. The molecule has 1 aliphatic carbocycles. The molecule has 1 heterocycles. The van der Waals surface area contributed by atoms with Crippen LogP contribution in [-0.4, -0.2) is 9.78 Å². The largest absolute Gasteiger partial charge is 0.383 e. The number of nitrogens with two attached hydrogens (primary N) is 1. The van der Waals surface area contributed by atoms with E-state index in [1.807, 2.05) is 11.6 Å². The van der Waals surface area contributed by atoms with E-state index in [0.717, 1.165) is 11.6 Å². The smallest absolute Gasteiger partial charge is 0.141 e. The average molecular weight is 200 g/mol. The quantitative estimate of drug-likeness (QED) is 0.755. The lowest BCUT2D eigenvalue weighted by Gasteiger charge is -2.33. The van der Waals surface area contributed by atoms with Crippen LogP contribution < -0.4 is 5.73 Å². The van der Waals surface area contributed by atoms with E-state index in [-0.39, 0.29) is 0 Å². The van der Waals surface area contributed by atoms with Crippen molar-refractivity contribution >= 4 is 17.4 Å². The van der Waals surface area contributed by atoms with E-state index < -0.39 is 0 Å². The van der Waals surface area contributed by atoms with E-state index in [4.69, 9.17) is 17.3 Å². The topological polar surface area (TPSA) is 43.8 Å². The van der Waals surface area contributed by atoms with E-state index in [9.17, 15) is 0 Å². The van der Waals surface area contributed by atoms with Gasteiger partial charge in [-0.2, -0.15) is 5.10 Å². The summed E-state index contributed by atoms with van der Waals surface area (Å²) < 4.78 is 1.87. The van der Waals surface area contributed by atoms with E-state index in [1.54, 1.807) is 0 Å². The maximum absolute atomic E-state index is 5.95. The Bertz CT molecular complexity index is 326. The van der Waals surface area contributed by atoms with Gasteiger partial charge in [-0.25, -0.2) is 4.68 Å². The van der Waals surface area contributed by atoms with Gasteiger partial charge < -0.3 is 5.73 Å². The summed E-state index contributed by atoms with van der Waals surface area (Å²) in [5.74, 6) is 1.42. The standard InChI is InChI=1S/C9H14ClN3/c1-5-3-7(4-5)13-9(11)8(10)6(2)12-13/h5,7H,3-4,11H2,1-2H3. The zero-order valence-electron chi connectivity index (χ0n) is 7.92. The van der Waals surface area contributed by atoms with E-state index in [2.05, 4.69) is 12.0 Å². The molecule has 0 amide bonds. The lowest BCUT2D eigenvalue weighted by molar-refractivity contribution is 0.202. The van der Waals surface area contributed by atoms with Crippen LogP contribution in [0.1, 0.15) is 31.5 Å². The number of nitrogens with zero attached hydrogens (tertiary/aromatic N) is 2. The Labute approximate surface area is 82.9 Å². The van der Waals surface area contributed by atoms with Gasteiger partial charge in [-0.15, -0.1) is 0 Å². The number of hydrogen-bond donors (Lipinski definition) is 1. The Balaban J connectivity index is 2.26. The Kier molecular flexibility index (Phi) is 1.99. The normalized spacial score (nSPS) is 27.3. The predicted octanol–water partition coefficient (Wildman–Crippen LogP) is 2.40. The van der Waals surface area contributed by atoms with Crippen LogP contribution in [0.2, 0.25) is 5.02 Å². The second-order valence-corrected chi connectivity index (χ2v) is 4.34. The van der Waals surface area contributed by atoms with Crippen molar-refractivity contribution in [1.82, 2.24) is 9.78 Å². The first kappa shape index (κ1) is 8.88. The van der Waals surface area contributed by atoms with E-state index in [0.29, 0.717) is 16.9 Å². The molecule has 3 nitrogen and oxygen atoms in total. The van der Waals surface area contributed by atoms with Crippen LogP contribution in [0, 0.1) is 12.8 Å². The molecule has 72 valence electrons. The van der Waals surface area contributed by atoms with Gasteiger partial charge in [-0.1, -0.05) is 18.5 Å². The fraction of sp³-hybridized carbons (Fsp3) is 0.667. The summed E-state index contributed by atoms with van der Waals surface area (Å²) in [6, 6.07) is 0.473. The second-order valence-electron chi connectivity index (χ2n) is 3.96. The number of hydrogen-bond acceptors (Lipinski definition) is 2. The summed E-state index contributed by atoms with van der Waals surface area (Å²) in [4.78, 5) is 0. The molecular weight excluding hydrogens is 186 g/mol. The highest BCUT2D eigenvalue weighted by molar-refractivity contribution is 6.33. The third-order valence-electron chi connectivity index (χ3n) is 2.74. The molecule has 1 saturated carbocycles. The fourth-order valence-corrected chi connectivity index (χ4v) is 2.01. The summed E-state index contributed by atoms with van der Waals surface area (Å²) in [7, 11) is 0. The van der Waals surface area contributed by atoms with E-state index in [1.165, 1.54) is 12.8 Å². The molecule has 0 saturated heterocycles. The van der Waals surface area contributed by atoms with Gasteiger partial charge in [0.15, 0.2) is 0 Å². The van der Waals surface area contributed by atoms with Crippen molar-refractivity contribution in [2.75, 3.05) is 5.73 Å². The third-order valence-corrected chi connectivity index (χ3v) is 3.21. The lowest BCUT2D eigenvalue weighted by Crippen LogP contribution is -2.26. The molecule has 0 aliphatic heterocycles. The van der Waals surface area contributed by atoms with Crippen molar-refractivity contribution in [2.24, 2.45) is 5.92 Å². The van der Waals surface area contributed by atoms with Crippen molar-refractivity contribution in [2.45, 2.75) is 32.7 Å². The molecule has 0 radical (unpaired) electrons. The number of rotatable bonds is 1. The van der Waals surface area contributed by atoms with Crippen molar-refractivity contribution in [3.05, 3.63) is 10.7 Å². The molecule has 1 aromatic heterocycles. The summed E-state index contributed by atoms with van der Waals surface area (Å²) in [6.07, 6.45) is 2.34. The van der Waals surface area contributed by atoms with E-state index >= 15 is 0 Å². The minimum atomic E-state index is 0.473. The zero-order chi connectivity index (χ0) is 9.59. The maximum Gasteiger partial charge on any atom is 0.141 e. The molecule has 2 N–H and O–H groups in total. The van der Waals surface area contributed by atoms with Gasteiger partial charge in [-0.05, 0) is 25.7 Å². The molecule has 0 atom stereocenters. The molecule has 1 aromatic rings. The molecule has 1 aliphatic rings. The Hall–Kier alpha value is -0.700. The number of nitrogen functional groups attached to an aromatic ring is 1. The minimum Gasteiger partial charge on any atom is -0.383 e. The van der Waals surface area contributed by atoms with Gasteiger partial charge >= 0.3 is 0 Å². The predicted molar refractivity (Wildman–Crippen MR) is 53.8 cm³/mol. The molecule has 2 rings (SSSR count). The fourth-order valence-electron chi connectivity index (χ4n) is 1.88. The number of anilines is 1. The summed E-state index contributed by atoms with van der Waals surface area (Å²) >= 11 is 5.95. The van der Waals surface area contributed by atoms with Gasteiger partial charge in [0, 0.05) is 0 Å². The zero-order valence-corrected chi connectivity index (χ0v) is 8.67. The van der Waals surface area contributed by atoms with Crippen molar-refractivity contribution in [3.63, 3.8) is 0 Å². The first-order valence-corrected chi connectivity index (χ1v) is 4.97. The van der Waals surface area contributed by atoms with Gasteiger partial charge in [-0.3, -0.25) is 0 Å². The Morgan fingerprint density at radius 3 is 2.54 bits per heavy atom. The first-order chi connectivity index (χ1) is 6.09. The highest BCUT2D eigenvalue weighted by Crippen LogP contribution is 2.39. The van der Waals surface area contributed by atoms with Crippen LogP contribution in [0.15, 0.2) is 0 Å². The maximum atomic E-state index is 5.95. The van der Waals surface area contributed by atoms with Crippen LogP contribution in [0.25, 0.3) is 0 Å². The molecule has 0 unspecified atom stereocenters. The molecule has 0 bridgehead atoms. The number of aromatic nitrogens is 2. The Morgan fingerprint density at radius 2 is 2.15 bits per heavy atom. The number of aryl methyl sites for hydroxylation is 1. The van der Waals surface area contributed by atoms with Crippen molar-refractivity contribution in [1.29, 1.82) is 0 Å². The SMILES string of the molecule is Cc1nn(C2CC(C)C2)c(N)c1Cl. The van der Waals surface area contributed by atoms with Crippen LogP contribution in [0.3, 0.4) is 0 Å². The molecular formula is C9H14ClN3. The third kappa shape index (κ3) is 1.31. The second kappa shape index (κ2) is 2.91. The number of halogens is 1. The lowest BCUT2D eigenvalue weighted by atomic mass is 9.82.